The van der Waals surface area contributed by atoms with Crippen molar-refractivity contribution in [2.45, 2.75) is 52.1 Å². The normalized spacial score (nSPS) is 25.7. The highest BCUT2D eigenvalue weighted by molar-refractivity contribution is 4.99. The molecule has 2 fully saturated rings. The summed E-state index contributed by atoms with van der Waals surface area (Å²) in [6.07, 6.45) is 5.94. The molecule has 118 valence electrons. The van der Waals surface area contributed by atoms with Gasteiger partial charge in [0, 0.05) is 13.0 Å². The molecule has 0 bridgehead atoms. The number of hydrogen-bond donors (Lipinski definition) is 1. The number of hydrogen-bond acceptors (Lipinski definition) is 5. The van der Waals surface area contributed by atoms with Crippen molar-refractivity contribution in [3.8, 4) is 0 Å². The van der Waals surface area contributed by atoms with E-state index >= 15 is 0 Å². The molecule has 5 heteroatoms. The highest BCUT2D eigenvalue weighted by Crippen LogP contribution is 2.42. The van der Waals surface area contributed by atoms with Crippen LogP contribution in [0.2, 0.25) is 0 Å². The first-order chi connectivity index (χ1) is 10.3. The second kappa shape index (κ2) is 6.88. The second-order valence-corrected chi connectivity index (χ2v) is 6.55. The zero-order valence-corrected chi connectivity index (χ0v) is 13.2. The minimum atomic E-state index is 0.0409. The molecule has 1 aliphatic carbocycles. The van der Waals surface area contributed by atoms with Crippen molar-refractivity contribution in [3.05, 3.63) is 11.7 Å². The van der Waals surface area contributed by atoms with E-state index in [0.29, 0.717) is 18.4 Å². The minimum absolute atomic E-state index is 0.0409. The van der Waals surface area contributed by atoms with Gasteiger partial charge in [0.1, 0.15) is 6.10 Å². The lowest BCUT2D eigenvalue weighted by Crippen LogP contribution is -2.33. The Morgan fingerprint density at radius 1 is 1.33 bits per heavy atom. The Morgan fingerprint density at radius 3 is 2.86 bits per heavy atom. The van der Waals surface area contributed by atoms with Crippen molar-refractivity contribution in [2.24, 2.45) is 17.8 Å². The van der Waals surface area contributed by atoms with Gasteiger partial charge in [-0.1, -0.05) is 12.1 Å². The van der Waals surface area contributed by atoms with E-state index in [4.69, 9.17) is 9.26 Å². The van der Waals surface area contributed by atoms with Gasteiger partial charge in [-0.25, -0.2) is 0 Å². The maximum atomic E-state index is 5.79. The lowest BCUT2D eigenvalue weighted by atomic mass is 9.85. The molecule has 1 aromatic rings. The van der Waals surface area contributed by atoms with E-state index in [0.717, 1.165) is 37.1 Å². The summed E-state index contributed by atoms with van der Waals surface area (Å²) in [5, 5.41) is 7.65. The average molecular weight is 293 g/mol. The number of aromatic nitrogens is 2. The molecule has 0 spiro atoms. The van der Waals surface area contributed by atoms with Crippen LogP contribution in [0.4, 0.5) is 0 Å². The van der Waals surface area contributed by atoms with Gasteiger partial charge in [0.05, 0.1) is 0 Å². The molecule has 1 aromatic heterocycles. The van der Waals surface area contributed by atoms with E-state index in [1.165, 1.54) is 25.7 Å². The van der Waals surface area contributed by atoms with Crippen molar-refractivity contribution >= 4 is 0 Å². The van der Waals surface area contributed by atoms with Crippen molar-refractivity contribution < 1.29 is 9.26 Å². The summed E-state index contributed by atoms with van der Waals surface area (Å²) < 4.78 is 11.3. The highest BCUT2D eigenvalue weighted by Gasteiger charge is 2.36. The summed E-state index contributed by atoms with van der Waals surface area (Å²) in [5.74, 6) is 3.42. The monoisotopic (exact) mass is 293 g/mol. The van der Waals surface area contributed by atoms with Crippen LogP contribution in [0.25, 0.3) is 0 Å². The standard InChI is InChI=1S/C16H27N3O2/c1-3-20-15(12-6-7-12)16-18-14(21-19-16)9-11(2)13-5-4-8-17-10-13/h11-13,15,17H,3-10H2,1-2H3. The first-order valence-corrected chi connectivity index (χ1v) is 8.42. The molecule has 0 radical (unpaired) electrons. The van der Waals surface area contributed by atoms with Crippen LogP contribution in [0.15, 0.2) is 4.52 Å². The molecule has 2 heterocycles. The van der Waals surface area contributed by atoms with Crippen LogP contribution in [0.5, 0.6) is 0 Å². The fourth-order valence-electron chi connectivity index (χ4n) is 3.27. The fourth-order valence-corrected chi connectivity index (χ4v) is 3.27. The number of nitrogens with one attached hydrogen (secondary N) is 1. The van der Waals surface area contributed by atoms with Gasteiger partial charge in [0.2, 0.25) is 11.7 Å². The molecule has 3 unspecified atom stereocenters. The molecule has 21 heavy (non-hydrogen) atoms. The summed E-state index contributed by atoms with van der Waals surface area (Å²) in [5.41, 5.74) is 0. The molecule has 1 aliphatic heterocycles. The Morgan fingerprint density at radius 2 is 2.19 bits per heavy atom. The number of ether oxygens (including phenoxy) is 1. The summed E-state index contributed by atoms with van der Waals surface area (Å²) in [4.78, 5) is 4.60. The van der Waals surface area contributed by atoms with E-state index in [-0.39, 0.29) is 6.10 Å². The van der Waals surface area contributed by atoms with Crippen LogP contribution >= 0.6 is 0 Å². The lowest BCUT2D eigenvalue weighted by molar-refractivity contribution is 0.0384. The van der Waals surface area contributed by atoms with Gasteiger partial charge in [0.15, 0.2) is 0 Å². The van der Waals surface area contributed by atoms with Gasteiger partial charge < -0.3 is 14.6 Å². The average Bonchev–Trinajstić information content (AvgIpc) is 3.25. The largest absolute Gasteiger partial charge is 0.370 e. The fraction of sp³-hybridized carbons (Fsp3) is 0.875. The molecular formula is C16H27N3O2. The zero-order chi connectivity index (χ0) is 14.7. The van der Waals surface area contributed by atoms with Gasteiger partial charge in [-0.2, -0.15) is 4.98 Å². The van der Waals surface area contributed by atoms with Gasteiger partial charge in [0.25, 0.3) is 0 Å². The van der Waals surface area contributed by atoms with E-state index in [1.54, 1.807) is 0 Å². The van der Waals surface area contributed by atoms with Crippen molar-refractivity contribution in [3.63, 3.8) is 0 Å². The summed E-state index contributed by atoms with van der Waals surface area (Å²) in [6.45, 7) is 7.29. The molecule has 1 saturated carbocycles. The predicted octanol–water partition coefficient (Wildman–Crippen LogP) is 2.74. The molecule has 5 nitrogen and oxygen atoms in total. The van der Waals surface area contributed by atoms with Crippen molar-refractivity contribution in [1.82, 2.24) is 15.5 Å². The van der Waals surface area contributed by atoms with Gasteiger partial charge in [-0.05, 0) is 63.5 Å². The molecule has 1 N–H and O–H groups in total. The molecule has 3 atom stereocenters. The van der Waals surface area contributed by atoms with E-state index in [2.05, 4.69) is 22.4 Å². The number of piperidine rings is 1. The van der Waals surface area contributed by atoms with Crippen LogP contribution in [-0.4, -0.2) is 29.8 Å². The smallest absolute Gasteiger partial charge is 0.227 e. The predicted molar refractivity (Wildman–Crippen MR) is 79.9 cm³/mol. The molecule has 2 aliphatic rings. The molecule has 0 amide bonds. The maximum Gasteiger partial charge on any atom is 0.227 e. The second-order valence-electron chi connectivity index (χ2n) is 6.55. The van der Waals surface area contributed by atoms with Crippen LogP contribution in [-0.2, 0) is 11.2 Å². The Balaban J connectivity index is 1.58. The third-order valence-electron chi connectivity index (χ3n) is 4.77. The number of rotatable bonds is 7. The molecular weight excluding hydrogens is 266 g/mol. The highest BCUT2D eigenvalue weighted by atomic mass is 16.5. The van der Waals surface area contributed by atoms with Crippen LogP contribution in [0, 0.1) is 17.8 Å². The van der Waals surface area contributed by atoms with E-state index < -0.39 is 0 Å². The van der Waals surface area contributed by atoms with Gasteiger partial charge >= 0.3 is 0 Å². The molecule has 3 rings (SSSR count). The summed E-state index contributed by atoms with van der Waals surface area (Å²) >= 11 is 0. The first kappa shape index (κ1) is 15.0. The zero-order valence-electron chi connectivity index (χ0n) is 13.2. The summed E-state index contributed by atoms with van der Waals surface area (Å²) in [7, 11) is 0. The van der Waals surface area contributed by atoms with Crippen molar-refractivity contribution in [2.75, 3.05) is 19.7 Å². The van der Waals surface area contributed by atoms with Gasteiger partial charge in [-0.15, -0.1) is 0 Å². The van der Waals surface area contributed by atoms with Crippen LogP contribution < -0.4 is 5.32 Å². The minimum Gasteiger partial charge on any atom is -0.370 e. The third kappa shape index (κ3) is 3.83. The lowest BCUT2D eigenvalue weighted by Gasteiger charge is -2.27. The van der Waals surface area contributed by atoms with Crippen LogP contribution in [0.3, 0.4) is 0 Å². The molecule has 1 saturated heterocycles. The summed E-state index contributed by atoms with van der Waals surface area (Å²) in [6, 6.07) is 0. The quantitative estimate of drug-likeness (QED) is 0.837. The maximum absolute atomic E-state index is 5.79. The van der Waals surface area contributed by atoms with E-state index in [9.17, 15) is 0 Å². The number of nitrogens with zero attached hydrogens (tertiary/aromatic N) is 2. The van der Waals surface area contributed by atoms with Crippen LogP contribution in [0.1, 0.15) is 57.3 Å². The Kier molecular flexibility index (Phi) is 4.91. The topological polar surface area (TPSA) is 60.2 Å². The first-order valence-electron chi connectivity index (χ1n) is 8.42. The van der Waals surface area contributed by atoms with Crippen molar-refractivity contribution in [1.29, 1.82) is 0 Å². The molecule has 0 aromatic carbocycles. The third-order valence-corrected chi connectivity index (χ3v) is 4.77. The van der Waals surface area contributed by atoms with Gasteiger partial charge in [-0.3, -0.25) is 0 Å². The van der Waals surface area contributed by atoms with E-state index in [1.807, 2.05) is 6.92 Å². The Labute approximate surface area is 126 Å². The SMILES string of the molecule is CCOC(c1noc(CC(C)C2CCCNC2)n1)C1CC1. The Bertz CT molecular complexity index is 438. The Hall–Kier alpha value is -0.940.